The molecular weight excluding hydrogens is 382 g/mol. The van der Waals surface area contributed by atoms with Crippen LogP contribution in [0.5, 0.6) is 0 Å². The SMILES string of the molecule is O=c1c2ccccc2nc(/C=N/NC(=S)Nc2ccccc2)n1-c1ccccc1. The highest BCUT2D eigenvalue weighted by atomic mass is 32.1. The minimum Gasteiger partial charge on any atom is -0.331 e. The zero-order valence-electron chi connectivity index (χ0n) is 15.3. The van der Waals surface area contributed by atoms with Gasteiger partial charge in [0.1, 0.15) is 0 Å². The molecule has 142 valence electrons. The number of thiocarbonyl (C=S) groups is 1. The van der Waals surface area contributed by atoms with Gasteiger partial charge in [0.25, 0.3) is 5.56 Å². The van der Waals surface area contributed by atoms with Crippen LogP contribution in [0.25, 0.3) is 16.6 Å². The molecule has 0 aliphatic heterocycles. The zero-order chi connectivity index (χ0) is 20.1. The van der Waals surface area contributed by atoms with Gasteiger partial charge < -0.3 is 5.32 Å². The van der Waals surface area contributed by atoms with Crippen molar-refractivity contribution in [1.29, 1.82) is 0 Å². The highest BCUT2D eigenvalue weighted by Gasteiger charge is 2.11. The Morgan fingerprint density at radius 3 is 2.34 bits per heavy atom. The molecule has 1 aromatic heterocycles. The quantitative estimate of drug-likeness (QED) is 0.311. The topological polar surface area (TPSA) is 71.3 Å². The molecule has 2 N–H and O–H groups in total. The van der Waals surface area contributed by atoms with Crippen LogP contribution in [0.3, 0.4) is 0 Å². The fraction of sp³-hybridized carbons (Fsp3) is 0. The minimum absolute atomic E-state index is 0.159. The Morgan fingerprint density at radius 1 is 0.931 bits per heavy atom. The molecule has 0 amide bonds. The highest BCUT2D eigenvalue weighted by molar-refractivity contribution is 7.80. The lowest BCUT2D eigenvalue weighted by molar-refractivity contribution is 0.940. The molecule has 0 saturated carbocycles. The summed E-state index contributed by atoms with van der Waals surface area (Å²) in [6.45, 7) is 0. The van der Waals surface area contributed by atoms with Crippen LogP contribution in [0.2, 0.25) is 0 Å². The van der Waals surface area contributed by atoms with E-state index in [1.165, 1.54) is 10.8 Å². The number of hydrogen-bond acceptors (Lipinski definition) is 4. The smallest absolute Gasteiger partial charge is 0.266 e. The van der Waals surface area contributed by atoms with Crippen LogP contribution in [0, 0.1) is 0 Å². The summed E-state index contributed by atoms with van der Waals surface area (Å²) in [7, 11) is 0. The number of nitrogens with zero attached hydrogens (tertiary/aromatic N) is 3. The van der Waals surface area contributed by atoms with Crippen molar-refractivity contribution < 1.29 is 0 Å². The molecule has 0 bridgehead atoms. The van der Waals surface area contributed by atoms with E-state index in [9.17, 15) is 4.79 Å². The van der Waals surface area contributed by atoms with Crippen LogP contribution >= 0.6 is 12.2 Å². The number of aromatic nitrogens is 2. The number of rotatable bonds is 4. The molecule has 29 heavy (non-hydrogen) atoms. The van der Waals surface area contributed by atoms with Crippen molar-refractivity contribution in [3.63, 3.8) is 0 Å². The van der Waals surface area contributed by atoms with Crippen molar-refractivity contribution in [2.45, 2.75) is 0 Å². The van der Waals surface area contributed by atoms with Gasteiger partial charge in [0.05, 0.1) is 22.8 Å². The first-order chi connectivity index (χ1) is 14.2. The van der Waals surface area contributed by atoms with E-state index in [1.807, 2.05) is 72.8 Å². The molecule has 0 fully saturated rings. The largest absolute Gasteiger partial charge is 0.331 e. The van der Waals surface area contributed by atoms with Gasteiger partial charge in [-0.1, -0.05) is 48.5 Å². The third-order valence-corrected chi connectivity index (χ3v) is 4.39. The number of benzene rings is 3. The molecule has 0 unspecified atom stereocenters. The zero-order valence-corrected chi connectivity index (χ0v) is 16.1. The molecule has 4 aromatic rings. The standard InChI is InChI=1S/C22H17N5OS/c28-21-18-13-7-8-14-19(18)25-20(27(21)17-11-5-2-6-12-17)15-23-26-22(29)24-16-9-3-1-4-10-16/h1-15H,(H2,24,26,29)/b23-15+. The van der Waals surface area contributed by atoms with Crippen molar-refractivity contribution in [1.82, 2.24) is 15.0 Å². The summed E-state index contributed by atoms with van der Waals surface area (Å²) in [5.41, 5.74) is 4.77. The van der Waals surface area contributed by atoms with E-state index in [1.54, 1.807) is 12.1 Å². The number of hydrogen-bond donors (Lipinski definition) is 2. The first-order valence-electron chi connectivity index (χ1n) is 8.95. The summed E-state index contributed by atoms with van der Waals surface area (Å²) < 4.78 is 1.53. The molecule has 0 atom stereocenters. The van der Waals surface area contributed by atoms with Crippen LogP contribution in [0.15, 0.2) is 94.8 Å². The number of nitrogens with one attached hydrogen (secondary N) is 2. The van der Waals surface area contributed by atoms with E-state index >= 15 is 0 Å². The van der Waals surface area contributed by atoms with E-state index in [0.717, 1.165) is 5.69 Å². The van der Waals surface area contributed by atoms with Crippen LogP contribution < -0.4 is 16.3 Å². The third kappa shape index (κ3) is 4.20. The van der Waals surface area contributed by atoms with Crippen LogP contribution in [-0.2, 0) is 0 Å². The summed E-state index contributed by atoms with van der Waals surface area (Å²) in [4.78, 5) is 17.7. The van der Waals surface area contributed by atoms with E-state index in [4.69, 9.17) is 12.2 Å². The third-order valence-electron chi connectivity index (χ3n) is 4.19. The maximum atomic E-state index is 13.1. The van der Waals surface area contributed by atoms with Crippen LogP contribution in [0.1, 0.15) is 5.82 Å². The normalized spacial score (nSPS) is 10.9. The van der Waals surface area contributed by atoms with Gasteiger partial charge in [-0.2, -0.15) is 5.10 Å². The molecule has 1 heterocycles. The van der Waals surface area contributed by atoms with Crippen molar-refractivity contribution in [3.05, 3.63) is 101 Å². The van der Waals surface area contributed by atoms with Gasteiger partial charge >= 0.3 is 0 Å². The number of hydrazone groups is 1. The summed E-state index contributed by atoms with van der Waals surface area (Å²) >= 11 is 5.26. The van der Waals surface area contributed by atoms with Gasteiger partial charge in [0.15, 0.2) is 10.9 Å². The van der Waals surface area contributed by atoms with Gasteiger partial charge in [-0.25, -0.2) is 4.98 Å². The van der Waals surface area contributed by atoms with Crippen molar-refractivity contribution in [2.75, 3.05) is 5.32 Å². The van der Waals surface area contributed by atoms with Gasteiger partial charge in [0, 0.05) is 5.69 Å². The fourth-order valence-electron chi connectivity index (χ4n) is 2.89. The molecule has 0 spiro atoms. The summed E-state index contributed by atoms with van der Waals surface area (Å²) in [5.74, 6) is 0.398. The van der Waals surface area contributed by atoms with Gasteiger partial charge in [-0.05, 0) is 48.6 Å². The Hall–Kier alpha value is -3.84. The molecule has 7 heteroatoms. The predicted molar refractivity (Wildman–Crippen MR) is 121 cm³/mol. The lowest BCUT2D eigenvalue weighted by Crippen LogP contribution is -2.26. The first-order valence-corrected chi connectivity index (χ1v) is 9.35. The van der Waals surface area contributed by atoms with Gasteiger partial charge in [-0.3, -0.25) is 14.8 Å². The molecular formula is C22H17N5OS. The number of fused-ring (bicyclic) bond motifs is 1. The van der Waals surface area contributed by atoms with Crippen molar-refractivity contribution in [2.24, 2.45) is 5.10 Å². The molecule has 0 aliphatic carbocycles. The molecule has 0 saturated heterocycles. The Morgan fingerprint density at radius 2 is 1.59 bits per heavy atom. The Balaban J connectivity index is 1.66. The number of anilines is 1. The molecule has 4 rings (SSSR count). The van der Waals surface area contributed by atoms with E-state index < -0.39 is 0 Å². The highest BCUT2D eigenvalue weighted by Crippen LogP contribution is 2.12. The first kappa shape index (κ1) is 18.5. The molecule has 0 radical (unpaired) electrons. The van der Waals surface area contributed by atoms with E-state index in [0.29, 0.717) is 27.5 Å². The Kier molecular flexibility index (Phi) is 5.40. The van der Waals surface area contributed by atoms with E-state index in [2.05, 4.69) is 20.8 Å². The average molecular weight is 399 g/mol. The van der Waals surface area contributed by atoms with Crippen LogP contribution in [0.4, 0.5) is 5.69 Å². The van der Waals surface area contributed by atoms with E-state index in [-0.39, 0.29) is 5.56 Å². The van der Waals surface area contributed by atoms with Crippen LogP contribution in [-0.4, -0.2) is 20.9 Å². The molecule has 3 aromatic carbocycles. The van der Waals surface area contributed by atoms with Gasteiger partial charge in [-0.15, -0.1) is 0 Å². The Bertz CT molecular complexity index is 1240. The Labute approximate surface area is 172 Å². The average Bonchev–Trinajstić information content (AvgIpc) is 2.75. The maximum Gasteiger partial charge on any atom is 0.266 e. The summed E-state index contributed by atoms with van der Waals surface area (Å²) in [6.07, 6.45) is 1.49. The second kappa shape index (κ2) is 8.45. The second-order valence-electron chi connectivity index (χ2n) is 6.15. The molecule has 6 nitrogen and oxygen atoms in total. The summed E-state index contributed by atoms with van der Waals surface area (Å²) in [5, 5.41) is 8.08. The predicted octanol–water partition coefficient (Wildman–Crippen LogP) is 3.71. The summed E-state index contributed by atoms with van der Waals surface area (Å²) in [6, 6.07) is 26.1. The fourth-order valence-corrected chi connectivity index (χ4v) is 3.06. The second-order valence-corrected chi connectivity index (χ2v) is 6.56. The lowest BCUT2D eigenvalue weighted by Gasteiger charge is -2.11. The lowest BCUT2D eigenvalue weighted by atomic mass is 10.2. The van der Waals surface area contributed by atoms with Crippen molar-refractivity contribution in [3.8, 4) is 5.69 Å². The maximum absolute atomic E-state index is 13.1. The van der Waals surface area contributed by atoms with Gasteiger partial charge in [0.2, 0.25) is 0 Å². The van der Waals surface area contributed by atoms with Crippen molar-refractivity contribution >= 4 is 40.1 Å². The molecule has 0 aliphatic rings. The number of para-hydroxylation sites is 3. The monoisotopic (exact) mass is 399 g/mol. The minimum atomic E-state index is -0.159.